The molecule has 1 aliphatic rings. The molecule has 0 radical (unpaired) electrons. The van der Waals surface area contributed by atoms with Crippen molar-refractivity contribution in [3.8, 4) is 23.0 Å². The number of anilines is 1. The van der Waals surface area contributed by atoms with Gasteiger partial charge in [-0.15, -0.1) is 15.3 Å². The van der Waals surface area contributed by atoms with Crippen LogP contribution in [0, 0.1) is 0 Å². The summed E-state index contributed by atoms with van der Waals surface area (Å²) in [5.74, 6) is 1.45. The number of methoxy groups -OCH3 is 1. The summed E-state index contributed by atoms with van der Waals surface area (Å²) in [7, 11) is -2.16. The maximum atomic E-state index is 12.8. The Balaban J connectivity index is 1.24. The molecule has 0 saturated heterocycles. The topological polar surface area (TPSA) is 128 Å². The maximum absolute atomic E-state index is 12.8. The molecule has 5 rings (SSSR count). The molecule has 0 aliphatic carbocycles. The van der Waals surface area contributed by atoms with Crippen molar-refractivity contribution in [3.63, 3.8) is 0 Å². The highest BCUT2D eigenvalue weighted by Crippen LogP contribution is 2.29. The van der Waals surface area contributed by atoms with Gasteiger partial charge in [-0.2, -0.15) is 4.52 Å². The Morgan fingerprint density at radius 3 is 2.78 bits per heavy atom. The minimum absolute atomic E-state index is 0.0453. The molecule has 0 spiro atoms. The van der Waals surface area contributed by atoms with E-state index in [1.54, 1.807) is 40.8 Å². The number of aromatic nitrogens is 4. The Morgan fingerprint density at radius 1 is 1.11 bits per heavy atom. The molecule has 1 N–H and O–H groups in total. The van der Waals surface area contributed by atoms with Crippen molar-refractivity contribution in [2.24, 2.45) is 0 Å². The van der Waals surface area contributed by atoms with Gasteiger partial charge in [0.2, 0.25) is 21.8 Å². The Labute approximate surface area is 214 Å². The zero-order chi connectivity index (χ0) is 26.0. The summed E-state index contributed by atoms with van der Waals surface area (Å²) in [5, 5.41) is 12.8. The number of aryl methyl sites for hydroxylation is 1. The number of rotatable bonds is 8. The van der Waals surface area contributed by atoms with E-state index < -0.39 is 10.0 Å². The van der Waals surface area contributed by atoms with E-state index in [0.29, 0.717) is 29.6 Å². The average molecular weight is 523 g/mol. The molecular weight excluding hydrogens is 496 g/mol. The number of carbonyl (C=O) groups is 1. The van der Waals surface area contributed by atoms with E-state index in [1.807, 2.05) is 24.3 Å². The lowest BCUT2D eigenvalue weighted by molar-refractivity contribution is -0.116. The van der Waals surface area contributed by atoms with Crippen LogP contribution in [0.5, 0.6) is 11.6 Å². The molecule has 3 heterocycles. The fraction of sp³-hybridized carbons (Fsp3) is 0.280. The number of benzene rings is 2. The van der Waals surface area contributed by atoms with Crippen molar-refractivity contribution in [1.82, 2.24) is 24.5 Å². The summed E-state index contributed by atoms with van der Waals surface area (Å²) in [6.07, 6.45) is 1.52. The molecule has 1 aliphatic heterocycles. The first-order valence-corrected chi connectivity index (χ1v) is 13.2. The van der Waals surface area contributed by atoms with Crippen molar-refractivity contribution < 1.29 is 22.7 Å². The van der Waals surface area contributed by atoms with Gasteiger partial charge in [0.15, 0.2) is 11.5 Å². The van der Waals surface area contributed by atoms with Crippen LogP contribution in [0.25, 0.3) is 17.0 Å². The van der Waals surface area contributed by atoms with E-state index in [4.69, 9.17) is 9.47 Å². The van der Waals surface area contributed by atoms with Gasteiger partial charge in [0.25, 0.3) is 0 Å². The Kier molecular flexibility index (Phi) is 6.76. The van der Waals surface area contributed by atoms with E-state index in [1.165, 1.54) is 13.0 Å². The molecule has 192 valence electrons. The van der Waals surface area contributed by atoms with Gasteiger partial charge in [0, 0.05) is 37.3 Å². The van der Waals surface area contributed by atoms with Crippen molar-refractivity contribution >= 4 is 27.3 Å². The number of nitrogens with zero attached hydrogens (tertiary/aromatic N) is 5. The quantitative estimate of drug-likeness (QED) is 0.350. The predicted octanol–water partition coefficient (Wildman–Crippen LogP) is 2.46. The third-order valence-electron chi connectivity index (χ3n) is 6.07. The Hall–Kier alpha value is -4.03. The summed E-state index contributed by atoms with van der Waals surface area (Å²) in [5.41, 5.74) is 2.94. The second-order valence-corrected chi connectivity index (χ2v) is 10.3. The second-order valence-electron chi connectivity index (χ2n) is 8.51. The molecule has 0 unspecified atom stereocenters. The number of sulfonamides is 1. The van der Waals surface area contributed by atoms with Gasteiger partial charge in [-0.05, 0) is 54.8 Å². The Morgan fingerprint density at radius 2 is 1.97 bits per heavy atom. The molecule has 0 bridgehead atoms. The molecule has 11 nitrogen and oxygen atoms in total. The summed E-state index contributed by atoms with van der Waals surface area (Å²) in [6.45, 7) is 2.26. The van der Waals surface area contributed by atoms with Crippen LogP contribution in [0.1, 0.15) is 18.9 Å². The molecular formula is C25H26N6O5S. The van der Waals surface area contributed by atoms with Gasteiger partial charge in [0.05, 0.1) is 12.0 Å². The van der Waals surface area contributed by atoms with Crippen LogP contribution in [0.3, 0.4) is 0 Å². The number of hydrogen-bond donors (Lipinski definition) is 1. The van der Waals surface area contributed by atoms with Crippen LogP contribution in [-0.4, -0.2) is 60.9 Å². The number of hydrogen-bond acceptors (Lipinski definition) is 8. The van der Waals surface area contributed by atoms with E-state index in [-0.39, 0.29) is 24.0 Å². The lowest BCUT2D eigenvalue weighted by Crippen LogP contribution is -2.34. The molecule has 4 aromatic rings. The molecule has 37 heavy (non-hydrogen) atoms. The first kappa shape index (κ1) is 24.7. The van der Waals surface area contributed by atoms with Crippen molar-refractivity contribution in [1.29, 1.82) is 0 Å². The molecule has 1 amide bonds. The number of fused-ring (bicyclic) bond motifs is 2. The highest BCUT2D eigenvalue weighted by atomic mass is 32.2. The van der Waals surface area contributed by atoms with Crippen LogP contribution in [0.2, 0.25) is 0 Å². The number of carbonyl (C=O) groups excluding carboxylic acids is 1. The fourth-order valence-electron chi connectivity index (χ4n) is 4.27. The second kappa shape index (κ2) is 10.1. The molecule has 0 atom stereocenters. The van der Waals surface area contributed by atoms with E-state index in [0.717, 1.165) is 29.7 Å². The molecule has 0 fully saturated rings. The normalized spacial score (nSPS) is 13.4. The minimum atomic E-state index is -3.75. The highest BCUT2D eigenvalue weighted by molar-refractivity contribution is 7.89. The largest absolute Gasteiger partial charge is 0.497 e. The first-order valence-electron chi connectivity index (χ1n) is 11.8. The van der Waals surface area contributed by atoms with Crippen molar-refractivity contribution in [2.75, 3.05) is 31.7 Å². The molecule has 2 aromatic carbocycles. The summed E-state index contributed by atoms with van der Waals surface area (Å²) in [4.78, 5) is 13.7. The fourth-order valence-corrected chi connectivity index (χ4v) is 5.34. The standard InChI is InChI=1S/C25H26N6O5S/c1-17(32)30-13-4-6-18-16-21(8-9-22(18)30)37(33,34)26-12-14-36-24-11-10-23-27-28-25(31(23)29-24)19-5-3-7-20(15-19)35-2/h3,5,7-11,15-16,26H,4,6,12-14H2,1-2H3. The van der Waals surface area contributed by atoms with Gasteiger partial charge >= 0.3 is 0 Å². The van der Waals surface area contributed by atoms with Gasteiger partial charge in [-0.3, -0.25) is 4.79 Å². The van der Waals surface area contributed by atoms with E-state index in [2.05, 4.69) is 20.0 Å². The molecule has 12 heteroatoms. The predicted molar refractivity (Wildman–Crippen MR) is 136 cm³/mol. The van der Waals surface area contributed by atoms with Gasteiger partial charge in [-0.1, -0.05) is 12.1 Å². The number of ether oxygens (including phenoxy) is 2. The minimum Gasteiger partial charge on any atom is -0.497 e. The highest BCUT2D eigenvalue weighted by Gasteiger charge is 2.23. The monoisotopic (exact) mass is 522 g/mol. The van der Waals surface area contributed by atoms with E-state index >= 15 is 0 Å². The first-order chi connectivity index (χ1) is 17.9. The SMILES string of the molecule is COc1cccc(-c2nnc3ccc(OCCNS(=O)(=O)c4ccc5c(c4)CCCN5C(C)=O)nn23)c1. The zero-order valence-electron chi connectivity index (χ0n) is 20.4. The Bertz CT molecular complexity index is 1570. The van der Waals surface area contributed by atoms with Crippen LogP contribution < -0.4 is 19.1 Å². The van der Waals surface area contributed by atoms with Gasteiger partial charge in [0.1, 0.15) is 12.4 Å². The third kappa shape index (κ3) is 5.11. The maximum Gasteiger partial charge on any atom is 0.240 e. The van der Waals surface area contributed by atoms with Crippen molar-refractivity contribution in [2.45, 2.75) is 24.7 Å². The van der Waals surface area contributed by atoms with Crippen LogP contribution >= 0.6 is 0 Å². The molecule has 0 saturated carbocycles. The van der Waals surface area contributed by atoms with Crippen LogP contribution in [0.4, 0.5) is 5.69 Å². The van der Waals surface area contributed by atoms with Gasteiger partial charge in [-0.25, -0.2) is 13.1 Å². The lowest BCUT2D eigenvalue weighted by Gasteiger charge is -2.28. The smallest absolute Gasteiger partial charge is 0.240 e. The van der Waals surface area contributed by atoms with Gasteiger partial charge < -0.3 is 14.4 Å². The lowest BCUT2D eigenvalue weighted by atomic mass is 10.0. The zero-order valence-corrected chi connectivity index (χ0v) is 21.2. The average Bonchev–Trinajstić information content (AvgIpc) is 3.33. The number of nitrogens with one attached hydrogen (secondary N) is 1. The third-order valence-corrected chi connectivity index (χ3v) is 7.53. The van der Waals surface area contributed by atoms with E-state index in [9.17, 15) is 13.2 Å². The summed E-state index contributed by atoms with van der Waals surface area (Å²) in [6, 6.07) is 15.6. The summed E-state index contributed by atoms with van der Waals surface area (Å²) < 4.78 is 40.8. The molecule has 2 aromatic heterocycles. The van der Waals surface area contributed by atoms with Crippen LogP contribution in [-0.2, 0) is 21.2 Å². The van der Waals surface area contributed by atoms with Crippen LogP contribution in [0.15, 0.2) is 59.5 Å². The summed E-state index contributed by atoms with van der Waals surface area (Å²) >= 11 is 0. The number of amides is 1. The van der Waals surface area contributed by atoms with Crippen molar-refractivity contribution in [3.05, 3.63) is 60.2 Å².